The maximum Gasteiger partial charge on any atom is 0.138 e. The smallest absolute Gasteiger partial charge is 0.138 e. The van der Waals surface area contributed by atoms with E-state index >= 15 is 0 Å². The van der Waals surface area contributed by atoms with Gasteiger partial charge in [0.15, 0.2) is 0 Å². The molecule has 4 rings (SSSR count). The molecule has 3 heterocycles. The summed E-state index contributed by atoms with van der Waals surface area (Å²) in [6.45, 7) is 8.11. The largest absolute Gasteiger partial charge is 0.379 e. The average Bonchev–Trinajstić information content (AvgIpc) is 3.20. The van der Waals surface area contributed by atoms with Crippen molar-refractivity contribution >= 4 is 27.4 Å². The highest BCUT2D eigenvalue weighted by molar-refractivity contribution is 7.19. The number of anilines is 1. The minimum atomic E-state index is 0.876. The first-order chi connectivity index (χ1) is 11.8. The zero-order valence-electron chi connectivity index (χ0n) is 14.4. The first kappa shape index (κ1) is 16.2. The van der Waals surface area contributed by atoms with E-state index in [0.717, 1.165) is 63.9 Å². The minimum Gasteiger partial charge on any atom is -0.379 e. The molecule has 0 aromatic carbocycles. The number of aromatic nitrogens is 2. The van der Waals surface area contributed by atoms with Crippen molar-refractivity contribution in [1.29, 1.82) is 0 Å². The molecular weight excluding hydrogens is 320 g/mol. The van der Waals surface area contributed by atoms with Gasteiger partial charge in [0.1, 0.15) is 16.5 Å². The third-order valence-electron chi connectivity index (χ3n) is 4.97. The molecular formula is C18H26N4OS. The van der Waals surface area contributed by atoms with Crippen molar-refractivity contribution in [3.63, 3.8) is 0 Å². The van der Waals surface area contributed by atoms with Crippen LogP contribution in [0.4, 0.5) is 5.82 Å². The molecule has 0 bridgehead atoms. The molecule has 5 nitrogen and oxygen atoms in total. The summed E-state index contributed by atoms with van der Waals surface area (Å²) in [5.74, 6) is 2.02. The number of nitrogens with one attached hydrogen (secondary N) is 1. The van der Waals surface area contributed by atoms with Crippen LogP contribution in [0.25, 0.3) is 10.2 Å². The van der Waals surface area contributed by atoms with E-state index in [-0.39, 0.29) is 0 Å². The van der Waals surface area contributed by atoms with Gasteiger partial charge in [-0.05, 0) is 37.8 Å². The lowest BCUT2D eigenvalue weighted by atomic mass is 10.2. The number of morpholine rings is 1. The first-order valence-corrected chi connectivity index (χ1v) is 10.0. The van der Waals surface area contributed by atoms with Crippen LogP contribution >= 0.6 is 11.3 Å². The molecule has 2 aromatic heterocycles. The maximum atomic E-state index is 5.41. The van der Waals surface area contributed by atoms with Gasteiger partial charge in [-0.1, -0.05) is 6.92 Å². The first-order valence-electron chi connectivity index (χ1n) is 9.20. The number of rotatable bonds is 6. The van der Waals surface area contributed by atoms with Crippen molar-refractivity contribution in [3.8, 4) is 0 Å². The minimum absolute atomic E-state index is 0.876. The molecule has 1 fully saturated rings. The number of nitrogens with zero attached hydrogens (tertiary/aromatic N) is 3. The molecule has 1 N–H and O–H groups in total. The Morgan fingerprint density at radius 1 is 1.21 bits per heavy atom. The zero-order chi connectivity index (χ0) is 16.4. The summed E-state index contributed by atoms with van der Waals surface area (Å²) in [7, 11) is 0. The number of ether oxygens (including phenoxy) is 1. The molecule has 24 heavy (non-hydrogen) atoms. The second kappa shape index (κ2) is 7.33. The summed E-state index contributed by atoms with van der Waals surface area (Å²) < 4.78 is 5.41. The molecule has 0 saturated carbocycles. The third kappa shape index (κ3) is 3.27. The summed E-state index contributed by atoms with van der Waals surface area (Å²) in [5, 5.41) is 4.92. The molecule has 1 aliphatic carbocycles. The summed E-state index contributed by atoms with van der Waals surface area (Å²) in [5.41, 5.74) is 1.51. The Bertz CT molecular complexity index is 709. The Morgan fingerprint density at radius 2 is 2.08 bits per heavy atom. The van der Waals surface area contributed by atoms with Gasteiger partial charge < -0.3 is 10.1 Å². The van der Waals surface area contributed by atoms with Crippen molar-refractivity contribution in [2.24, 2.45) is 0 Å². The highest BCUT2D eigenvalue weighted by Crippen LogP contribution is 2.39. The third-order valence-corrected chi connectivity index (χ3v) is 6.16. The van der Waals surface area contributed by atoms with Gasteiger partial charge in [-0.3, -0.25) is 4.90 Å². The Morgan fingerprint density at radius 3 is 2.92 bits per heavy atom. The molecule has 2 aromatic rings. The molecule has 0 spiro atoms. The molecule has 130 valence electrons. The highest BCUT2D eigenvalue weighted by Gasteiger charge is 2.22. The lowest BCUT2D eigenvalue weighted by molar-refractivity contribution is 0.0378. The maximum absolute atomic E-state index is 5.41. The van der Waals surface area contributed by atoms with Gasteiger partial charge in [0.05, 0.1) is 18.6 Å². The average molecular weight is 347 g/mol. The normalized spacial score (nSPS) is 18.2. The number of aryl methyl sites for hydroxylation is 3. The summed E-state index contributed by atoms with van der Waals surface area (Å²) in [6, 6.07) is 0. The van der Waals surface area contributed by atoms with Crippen molar-refractivity contribution in [2.75, 3.05) is 44.7 Å². The van der Waals surface area contributed by atoms with Crippen LogP contribution in [0.3, 0.4) is 0 Å². The van der Waals surface area contributed by atoms with E-state index in [1.54, 1.807) is 0 Å². The van der Waals surface area contributed by atoms with Crippen LogP contribution in [-0.2, 0) is 24.0 Å². The van der Waals surface area contributed by atoms with Crippen molar-refractivity contribution in [3.05, 3.63) is 16.3 Å². The van der Waals surface area contributed by atoms with E-state index in [2.05, 4.69) is 17.1 Å². The molecule has 0 radical (unpaired) electrons. The SMILES string of the molecule is CCc1nc(NCCCN2CCOCC2)c2c3c(sc2n1)CCC3. The fourth-order valence-electron chi connectivity index (χ4n) is 3.66. The van der Waals surface area contributed by atoms with Crippen LogP contribution in [0, 0.1) is 0 Å². The van der Waals surface area contributed by atoms with Gasteiger partial charge in [-0.25, -0.2) is 9.97 Å². The molecule has 1 saturated heterocycles. The van der Waals surface area contributed by atoms with E-state index in [9.17, 15) is 0 Å². The molecule has 0 atom stereocenters. The lowest BCUT2D eigenvalue weighted by Crippen LogP contribution is -2.37. The molecule has 0 unspecified atom stereocenters. The summed E-state index contributed by atoms with van der Waals surface area (Å²) >= 11 is 1.88. The van der Waals surface area contributed by atoms with Crippen LogP contribution in [0.5, 0.6) is 0 Å². The standard InChI is InChI=1S/C18H26N4OS/c1-2-15-20-17(19-7-4-8-22-9-11-23-12-10-22)16-13-5-3-6-14(13)24-18(16)21-15/h2-12H2,1H3,(H,19,20,21). The predicted molar refractivity (Wildman–Crippen MR) is 99.2 cm³/mol. The molecule has 6 heteroatoms. The second-order valence-electron chi connectivity index (χ2n) is 6.61. The highest BCUT2D eigenvalue weighted by atomic mass is 32.1. The molecule has 1 aliphatic heterocycles. The van der Waals surface area contributed by atoms with E-state index in [1.165, 1.54) is 39.9 Å². The fraction of sp³-hybridized carbons (Fsp3) is 0.667. The molecule has 2 aliphatic rings. The Labute approximate surface area is 147 Å². The van der Waals surface area contributed by atoms with Gasteiger partial charge in [0, 0.05) is 30.9 Å². The van der Waals surface area contributed by atoms with E-state index in [4.69, 9.17) is 14.7 Å². The van der Waals surface area contributed by atoms with E-state index in [0.29, 0.717) is 0 Å². The van der Waals surface area contributed by atoms with Crippen LogP contribution in [0.1, 0.15) is 36.0 Å². The fourth-order valence-corrected chi connectivity index (χ4v) is 4.94. The van der Waals surface area contributed by atoms with E-state index in [1.807, 2.05) is 11.3 Å². The van der Waals surface area contributed by atoms with Gasteiger partial charge in [0.25, 0.3) is 0 Å². The lowest BCUT2D eigenvalue weighted by Gasteiger charge is -2.26. The van der Waals surface area contributed by atoms with Crippen LogP contribution in [-0.4, -0.2) is 54.3 Å². The van der Waals surface area contributed by atoms with Crippen molar-refractivity contribution < 1.29 is 4.74 Å². The molecule has 0 amide bonds. The monoisotopic (exact) mass is 346 g/mol. The van der Waals surface area contributed by atoms with Crippen molar-refractivity contribution in [1.82, 2.24) is 14.9 Å². The van der Waals surface area contributed by atoms with Crippen LogP contribution < -0.4 is 5.32 Å². The number of hydrogen-bond acceptors (Lipinski definition) is 6. The Balaban J connectivity index is 1.46. The predicted octanol–water partition coefficient (Wildman–Crippen LogP) is 2.88. The van der Waals surface area contributed by atoms with Crippen LogP contribution in [0.2, 0.25) is 0 Å². The Kier molecular flexibility index (Phi) is 4.96. The summed E-state index contributed by atoms with van der Waals surface area (Å²) in [6.07, 6.45) is 5.71. The van der Waals surface area contributed by atoms with Gasteiger partial charge in [-0.15, -0.1) is 11.3 Å². The van der Waals surface area contributed by atoms with Gasteiger partial charge >= 0.3 is 0 Å². The summed E-state index contributed by atoms with van der Waals surface area (Å²) in [4.78, 5) is 14.8. The Hall–Kier alpha value is -1.24. The van der Waals surface area contributed by atoms with Gasteiger partial charge in [-0.2, -0.15) is 0 Å². The number of fused-ring (bicyclic) bond motifs is 3. The number of hydrogen-bond donors (Lipinski definition) is 1. The quantitative estimate of drug-likeness (QED) is 0.815. The zero-order valence-corrected chi connectivity index (χ0v) is 15.3. The van der Waals surface area contributed by atoms with E-state index < -0.39 is 0 Å². The van der Waals surface area contributed by atoms with Crippen molar-refractivity contribution in [2.45, 2.75) is 39.0 Å². The second-order valence-corrected chi connectivity index (χ2v) is 7.70. The topological polar surface area (TPSA) is 50.3 Å². The van der Waals surface area contributed by atoms with Crippen LogP contribution in [0.15, 0.2) is 0 Å². The number of thiophene rings is 1. The van der Waals surface area contributed by atoms with Gasteiger partial charge in [0.2, 0.25) is 0 Å².